The molecule has 20 heavy (non-hydrogen) atoms. The number of anilines is 1. The quantitative estimate of drug-likeness (QED) is 0.718. The third-order valence-corrected chi connectivity index (χ3v) is 4.45. The predicted molar refractivity (Wildman–Crippen MR) is 75.7 cm³/mol. The Kier molecular flexibility index (Phi) is 3.37. The molecule has 1 aromatic rings. The Labute approximate surface area is 118 Å². The molecule has 0 aromatic carbocycles. The van der Waals surface area contributed by atoms with Crippen molar-refractivity contribution in [3.63, 3.8) is 0 Å². The van der Waals surface area contributed by atoms with Crippen molar-refractivity contribution in [3.05, 3.63) is 12.1 Å². The lowest BCUT2D eigenvalue weighted by Gasteiger charge is -2.32. The van der Waals surface area contributed by atoms with Gasteiger partial charge >= 0.3 is 7.12 Å². The topological polar surface area (TPSA) is 118 Å². The summed E-state index contributed by atoms with van der Waals surface area (Å²) in [5.74, 6) is 0.0428. The second-order valence-electron chi connectivity index (χ2n) is 5.80. The lowest BCUT2D eigenvalue weighted by atomic mass is 9.80. The molecule has 110 valence electrons. The smallest absolute Gasteiger partial charge is 0.399 e. The van der Waals surface area contributed by atoms with E-state index in [4.69, 9.17) is 20.2 Å². The Morgan fingerprint density at radius 3 is 2.10 bits per heavy atom. The molecule has 0 amide bonds. The summed E-state index contributed by atoms with van der Waals surface area (Å²) in [6.45, 7) is 7.60. The molecule has 0 unspecified atom stereocenters. The zero-order valence-corrected chi connectivity index (χ0v) is 12.7. The second kappa shape index (κ2) is 4.42. The minimum Gasteiger partial charge on any atom is -0.399 e. The van der Waals surface area contributed by atoms with Crippen LogP contribution in [-0.2, 0) is 19.3 Å². The SMILES string of the molecule is CC1(C)OB(c2cc(N)nc(S(N)(=O)=O)c2)OC1(C)C. The predicted octanol–water partition coefficient (Wildman–Crippen LogP) is -0.390. The number of pyridine rings is 1. The molecule has 1 saturated heterocycles. The number of aromatic nitrogens is 1. The fraction of sp³-hybridized carbons (Fsp3) is 0.545. The van der Waals surface area contributed by atoms with E-state index in [-0.39, 0.29) is 10.8 Å². The molecule has 2 heterocycles. The van der Waals surface area contributed by atoms with E-state index in [2.05, 4.69) is 4.98 Å². The van der Waals surface area contributed by atoms with Crippen molar-refractivity contribution < 1.29 is 17.7 Å². The molecular weight excluding hydrogens is 281 g/mol. The van der Waals surface area contributed by atoms with Crippen LogP contribution in [0.5, 0.6) is 0 Å². The second-order valence-corrected chi connectivity index (χ2v) is 7.31. The molecule has 0 bridgehead atoms. The first-order chi connectivity index (χ1) is 8.92. The van der Waals surface area contributed by atoms with Crippen molar-refractivity contribution in [3.8, 4) is 0 Å². The highest BCUT2D eigenvalue weighted by atomic mass is 32.2. The fourth-order valence-corrected chi connectivity index (χ4v) is 2.34. The zero-order valence-electron chi connectivity index (χ0n) is 11.9. The van der Waals surface area contributed by atoms with Crippen LogP contribution in [0.3, 0.4) is 0 Å². The number of nitrogens with zero attached hydrogens (tertiary/aromatic N) is 1. The molecule has 1 fully saturated rings. The molecule has 7 nitrogen and oxygen atoms in total. The van der Waals surface area contributed by atoms with Gasteiger partial charge in [-0.3, -0.25) is 0 Å². The van der Waals surface area contributed by atoms with Crippen molar-refractivity contribution >= 4 is 28.4 Å². The Bertz CT molecular complexity index is 629. The van der Waals surface area contributed by atoms with Gasteiger partial charge in [-0.25, -0.2) is 18.5 Å². The largest absolute Gasteiger partial charge is 0.495 e. The number of nitrogens with two attached hydrogens (primary N) is 2. The van der Waals surface area contributed by atoms with Gasteiger partial charge in [-0.05, 0) is 45.3 Å². The van der Waals surface area contributed by atoms with Crippen LogP contribution in [0.25, 0.3) is 0 Å². The minimum atomic E-state index is -3.94. The van der Waals surface area contributed by atoms with Gasteiger partial charge in [-0.2, -0.15) is 0 Å². The van der Waals surface area contributed by atoms with Gasteiger partial charge in [-0.1, -0.05) is 0 Å². The Morgan fingerprint density at radius 1 is 1.15 bits per heavy atom. The van der Waals surface area contributed by atoms with Crippen LogP contribution in [0.1, 0.15) is 27.7 Å². The van der Waals surface area contributed by atoms with Crippen molar-refractivity contribution in [1.29, 1.82) is 0 Å². The summed E-state index contributed by atoms with van der Waals surface area (Å²) in [5.41, 5.74) is 5.03. The highest BCUT2D eigenvalue weighted by molar-refractivity contribution is 7.89. The van der Waals surface area contributed by atoms with Gasteiger partial charge in [0.05, 0.1) is 11.2 Å². The summed E-state index contributed by atoms with van der Waals surface area (Å²) in [6.07, 6.45) is 0. The van der Waals surface area contributed by atoms with Gasteiger partial charge in [0.1, 0.15) is 5.82 Å². The van der Waals surface area contributed by atoms with Crippen molar-refractivity contribution in [2.24, 2.45) is 5.14 Å². The molecule has 0 atom stereocenters. The number of rotatable bonds is 2. The van der Waals surface area contributed by atoms with Crippen LogP contribution < -0.4 is 16.3 Å². The molecule has 0 saturated carbocycles. The lowest BCUT2D eigenvalue weighted by Crippen LogP contribution is -2.41. The maximum atomic E-state index is 11.4. The first-order valence-corrected chi connectivity index (χ1v) is 7.63. The molecule has 0 spiro atoms. The van der Waals surface area contributed by atoms with E-state index in [0.29, 0.717) is 5.46 Å². The maximum Gasteiger partial charge on any atom is 0.495 e. The molecule has 1 aliphatic heterocycles. The van der Waals surface area contributed by atoms with Crippen LogP contribution in [0.2, 0.25) is 0 Å². The van der Waals surface area contributed by atoms with Crippen molar-refractivity contribution in [2.75, 3.05) is 5.73 Å². The number of sulfonamides is 1. The van der Waals surface area contributed by atoms with Gasteiger partial charge in [-0.15, -0.1) is 0 Å². The van der Waals surface area contributed by atoms with Gasteiger partial charge in [0.2, 0.25) is 0 Å². The molecule has 9 heteroatoms. The lowest BCUT2D eigenvalue weighted by molar-refractivity contribution is 0.00578. The van der Waals surface area contributed by atoms with Crippen molar-refractivity contribution in [1.82, 2.24) is 4.98 Å². The summed E-state index contributed by atoms with van der Waals surface area (Å²) >= 11 is 0. The van der Waals surface area contributed by atoms with E-state index in [1.807, 2.05) is 27.7 Å². The maximum absolute atomic E-state index is 11.4. The van der Waals surface area contributed by atoms with Gasteiger partial charge in [0.15, 0.2) is 5.03 Å². The first kappa shape index (κ1) is 15.2. The molecule has 2 rings (SSSR count). The van der Waals surface area contributed by atoms with Gasteiger partial charge in [0.25, 0.3) is 10.0 Å². The normalized spacial score (nSPS) is 21.1. The molecule has 4 N–H and O–H groups in total. The van der Waals surface area contributed by atoms with Crippen LogP contribution in [0, 0.1) is 0 Å². The molecule has 0 aliphatic carbocycles. The van der Waals surface area contributed by atoms with E-state index in [9.17, 15) is 8.42 Å². The summed E-state index contributed by atoms with van der Waals surface area (Å²) < 4.78 is 34.4. The standard InChI is InChI=1S/C11H18BN3O4S/c1-10(2)11(3,4)19-12(18-10)7-5-8(13)15-9(6-7)20(14,16)17/h5-6H,1-4H3,(H2,13,15)(H2,14,16,17). The van der Waals surface area contributed by atoms with E-state index >= 15 is 0 Å². The monoisotopic (exact) mass is 299 g/mol. The third kappa shape index (κ3) is 2.66. The van der Waals surface area contributed by atoms with Crippen molar-refractivity contribution in [2.45, 2.75) is 43.9 Å². The first-order valence-electron chi connectivity index (χ1n) is 6.08. The number of primary sulfonamides is 1. The van der Waals surface area contributed by atoms with Gasteiger partial charge < -0.3 is 15.0 Å². The van der Waals surface area contributed by atoms with Crippen LogP contribution >= 0.6 is 0 Å². The van der Waals surface area contributed by atoms with Gasteiger partial charge in [0, 0.05) is 0 Å². The Balaban J connectivity index is 2.44. The molecule has 1 aromatic heterocycles. The highest BCUT2D eigenvalue weighted by Crippen LogP contribution is 2.36. The zero-order chi connectivity index (χ0) is 15.3. The third-order valence-electron chi connectivity index (χ3n) is 3.66. The number of hydrogen-bond donors (Lipinski definition) is 2. The fourth-order valence-electron chi connectivity index (χ4n) is 1.81. The molecule has 1 aliphatic rings. The van der Waals surface area contributed by atoms with E-state index < -0.39 is 28.3 Å². The van der Waals surface area contributed by atoms with Crippen LogP contribution in [-0.4, -0.2) is 31.7 Å². The van der Waals surface area contributed by atoms with Crippen LogP contribution in [0.4, 0.5) is 5.82 Å². The Hall–Kier alpha value is -1.16. The van der Waals surface area contributed by atoms with Crippen LogP contribution in [0.15, 0.2) is 17.2 Å². The average Bonchev–Trinajstić information content (AvgIpc) is 2.46. The summed E-state index contributed by atoms with van der Waals surface area (Å²) in [4.78, 5) is 3.70. The van der Waals surface area contributed by atoms with E-state index in [1.165, 1.54) is 12.1 Å². The number of nitrogen functional groups attached to an aromatic ring is 1. The summed E-state index contributed by atoms with van der Waals surface area (Å²) in [7, 11) is -4.65. The molecule has 0 radical (unpaired) electrons. The molecular formula is C11H18BN3O4S. The Morgan fingerprint density at radius 2 is 1.65 bits per heavy atom. The summed E-state index contributed by atoms with van der Waals surface area (Å²) in [5, 5.41) is 4.77. The minimum absolute atomic E-state index is 0.0428. The average molecular weight is 299 g/mol. The van der Waals surface area contributed by atoms with E-state index in [0.717, 1.165) is 0 Å². The summed E-state index contributed by atoms with van der Waals surface area (Å²) in [6, 6.07) is 2.82. The number of hydrogen-bond acceptors (Lipinski definition) is 6. The highest BCUT2D eigenvalue weighted by Gasteiger charge is 2.51. The van der Waals surface area contributed by atoms with E-state index in [1.54, 1.807) is 0 Å².